The Bertz CT molecular complexity index is 388. The quantitative estimate of drug-likeness (QED) is 0.715. The van der Waals surface area contributed by atoms with Gasteiger partial charge in [-0.15, -0.1) is 0 Å². The predicted octanol–water partition coefficient (Wildman–Crippen LogP) is 1.40. The van der Waals surface area contributed by atoms with E-state index in [1.165, 1.54) is 12.8 Å². The molecular weight excluding hydrogens is 202 g/mol. The second-order valence-electron chi connectivity index (χ2n) is 4.97. The highest BCUT2D eigenvalue weighted by Crippen LogP contribution is 2.39. The first kappa shape index (κ1) is 10.0. The zero-order chi connectivity index (χ0) is 11.0. The lowest BCUT2D eigenvalue weighted by atomic mass is 9.87. The Morgan fingerprint density at radius 1 is 1.44 bits per heavy atom. The Hall–Kier alpha value is -1.16. The largest absolute Gasteiger partial charge is 0.381 e. The van der Waals surface area contributed by atoms with Gasteiger partial charge >= 0.3 is 0 Å². The van der Waals surface area contributed by atoms with E-state index in [2.05, 4.69) is 14.9 Å². The molecule has 0 amide bonds. The minimum atomic E-state index is 0.382. The molecule has 3 heterocycles. The lowest BCUT2D eigenvalue weighted by Gasteiger charge is -2.21. The van der Waals surface area contributed by atoms with Crippen molar-refractivity contribution >= 4 is 5.95 Å². The average Bonchev–Trinajstić information content (AvgIpc) is 2.90. The van der Waals surface area contributed by atoms with Gasteiger partial charge in [-0.1, -0.05) is 0 Å². The third kappa shape index (κ3) is 1.67. The maximum Gasteiger partial charge on any atom is 0.225 e. The Balaban J connectivity index is 1.78. The van der Waals surface area contributed by atoms with Gasteiger partial charge in [-0.25, -0.2) is 9.97 Å². The van der Waals surface area contributed by atoms with Gasteiger partial charge in [0.15, 0.2) is 0 Å². The molecule has 0 aliphatic carbocycles. The van der Waals surface area contributed by atoms with Crippen LogP contribution in [0.25, 0.3) is 0 Å². The molecule has 1 aromatic heterocycles. The van der Waals surface area contributed by atoms with Gasteiger partial charge in [-0.05, 0) is 25.8 Å². The van der Waals surface area contributed by atoms with Gasteiger partial charge < -0.3 is 9.64 Å². The maximum absolute atomic E-state index is 5.52. The van der Waals surface area contributed by atoms with Crippen LogP contribution in [0.3, 0.4) is 0 Å². The van der Waals surface area contributed by atoms with Crippen LogP contribution in [-0.2, 0) is 4.74 Å². The Morgan fingerprint density at radius 3 is 3.12 bits per heavy atom. The lowest BCUT2D eigenvalue weighted by Crippen LogP contribution is -2.28. The minimum Gasteiger partial charge on any atom is -0.381 e. The van der Waals surface area contributed by atoms with Crippen LogP contribution in [0.2, 0.25) is 0 Å². The van der Waals surface area contributed by atoms with E-state index >= 15 is 0 Å². The summed E-state index contributed by atoms with van der Waals surface area (Å²) in [4.78, 5) is 11.1. The molecule has 0 unspecified atom stereocenters. The molecule has 3 rings (SSSR count). The number of nitrogens with zero attached hydrogens (tertiary/aromatic N) is 3. The number of ether oxygens (including phenoxy) is 1. The van der Waals surface area contributed by atoms with Gasteiger partial charge in [0.05, 0.1) is 6.61 Å². The van der Waals surface area contributed by atoms with Gasteiger partial charge in [0.1, 0.15) is 0 Å². The van der Waals surface area contributed by atoms with E-state index in [1.807, 2.05) is 19.2 Å². The van der Waals surface area contributed by atoms with Crippen LogP contribution in [0.15, 0.2) is 12.3 Å². The van der Waals surface area contributed by atoms with Crippen molar-refractivity contribution < 1.29 is 4.74 Å². The molecule has 2 fully saturated rings. The molecular formula is C12H17N3O. The second kappa shape index (κ2) is 3.70. The number of aromatic nitrogens is 2. The molecule has 0 saturated carbocycles. The van der Waals surface area contributed by atoms with Crippen molar-refractivity contribution in [2.75, 3.05) is 31.2 Å². The number of hydrogen-bond donors (Lipinski definition) is 0. The minimum absolute atomic E-state index is 0.382. The maximum atomic E-state index is 5.52. The Labute approximate surface area is 95.7 Å². The monoisotopic (exact) mass is 219 g/mol. The fraction of sp³-hybridized carbons (Fsp3) is 0.667. The second-order valence-corrected chi connectivity index (χ2v) is 4.97. The Kier molecular flexibility index (Phi) is 2.32. The number of aryl methyl sites for hydroxylation is 1. The summed E-state index contributed by atoms with van der Waals surface area (Å²) in [5.74, 6) is 0.878. The van der Waals surface area contributed by atoms with Crippen LogP contribution in [-0.4, -0.2) is 36.3 Å². The molecule has 1 spiro atoms. The van der Waals surface area contributed by atoms with Gasteiger partial charge in [-0.2, -0.15) is 0 Å². The molecule has 0 N–H and O–H groups in total. The molecule has 4 heteroatoms. The molecule has 16 heavy (non-hydrogen) atoms. The number of hydrogen-bond acceptors (Lipinski definition) is 4. The van der Waals surface area contributed by atoms with Gasteiger partial charge in [0.25, 0.3) is 0 Å². The molecule has 2 saturated heterocycles. The molecule has 2 aliphatic rings. The molecule has 2 aliphatic heterocycles. The summed E-state index contributed by atoms with van der Waals surface area (Å²) in [6.45, 7) is 5.96. The standard InChI is InChI=1S/C12H17N3O/c1-10-2-5-13-11(14-10)15-6-3-12(8-15)4-7-16-9-12/h2,5H,3-4,6-9H2,1H3/t12-/m0/s1. The van der Waals surface area contributed by atoms with Crippen molar-refractivity contribution in [1.82, 2.24) is 9.97 Å². The van der Waals surface area contributed by atoms with Crippen molar-refractivity contribution in [3.8, 4) is 0 Å². The summed E-state index contributed by atoms with van der Waals surface area (Å²) in [5.41, 5.74) is 1.42. The van der Waals surface area contributed by atoms with E-state index in [4.69, 9.17) is 4.74 Å². The molecule has 0 bridgehead atoms. The third-order valence-corrected chi connectivity index (χ3v) is 3.69. The van der Waals surface area contributed by atoms with Crippen LogP contribution in [0, 0.1) is 12.3 Å². The Morgan fingerprint density at radius 2 is 2.38 bits per heavy atom. The van der Waals surface area contributed by atoms with Crippen molar-refractivity contribution in [3.05, 3.63) is 18.0 Å². The van der Waals surface area contributed by atoms with Gasteiger partial charge in [0, 0.05) is 37.0 Å². The van der Waals surface area contributed by atoms with Crippen molar-refractivity contribution in [2.24, 2.45) is 5.41 Å². The van der Waals surface area contributed by atoms with E-state index in [1.54, 1.807) is 0 Å². The lowest BCUT2D eigenvalue weighted by molar-refractivity contribution is 0.160. The van der Waals surface area contributed by atoms with E-state index in [-0.39, 0.29) is 0 Å². The normalized spacial score (nSPS) is 29.2. The fourth-order valence-electron chi connectivity index (χ4n) is 2.67. The van der Waals surface area contributed by atoms with Gasteiger partial charge in [0.2, 0.25) is 5.95 Å². The molecule has 0 aromatic carbocycles. The van der Waals surface area contributed by atoms with E-state index in [9.17, 15) is 0 Å². The van der Waals surface area contributed by atoms with Crippen LogP contribution >= 0.6 is 0 Å². The molecule has 4 nitrogen and oxygen atoms in total. The van der Waals surface area contributed by atoms with Crippen LogP contribution in [0.5, 0.6) is 0 Å². The number of anilines is 1. The highest BCUT2D eigenvalue weighted by Gasteiger charge is 2.41. The number of rotatable bonds is 1. The van der Waals surface area contributed by atoms with Crippen LogP contribution in [0.1, 0.15) is 18.5 Å². The van der Waals surface area contributed by atoms with Crippen molar-refractivity contribution in [2.45, 2.75) is 19.8 Å². The van der Waals surface area contributed by atoms with Gasteiger partial charge in [-0.3, -0.25) is 0 Å². The smallest absolute Gasteiger partial charge is 0.225 e. The molecule has 1 aromatic rings. The summed E-state index contributed by atoms with van der Waals surface area (Å²) in [6.07, 6.45) is 4.24. The molecule has 86 valence electrons. The highest BCUT2D eigenvalue weighted by atomic mass is 16.5. The van der Waals surface area contributed by atoms with Crippen molar-refractivity contribution in [3.63, 3.8) is 0 Å². The highest BCUT2D eigenvalue weighted by molar-refractivity contribution is 5.33. The summed E-state index contributed by atoms with van der Waals surface area (Å²) in [5, 5.41) is 0. The van der Waals surface area contributed by atoms with E-state index in [0.29, 0.717) is 5.41 Å². The molecule has 1 atom stereocenters. The summed E-state index contributed by atoms with van der Waals surface area (Å²) in [6, 6.07) is 1.94. The zero-order valence-electron chi connectivity index (χ0n) is 9.65. The SMILES string of the molecule is Cc1ccnc(N2CC[C@]3(CCOC3)C2)n1. The summed E-state index contributed by atoms with van der Waals surface area (Å²) in [7, 11) is 0. The zero-order valence-corrected chi connectivity index (χ0v) is 9.65. The summed E-state index contributed by atoms with van der Waals surface area (Å²) < 4.78 is 5.52. The fourth-order valence-corrected chi connectivity index (χ4v) is 2.67. The van der Waals surface area contributed by atoms with E-state index < -0.39 is 0 Å². The predicted molar refractivity (Wildman–Crippen MR) is 61.5 cm³/mol. The summed E-state index contributed by atoms with van der Waals surface area (Å²) >= 11 is 0. The molecule has 0 radical (unpaired) electrons. The average molecular weight is 219 g/mol. The van der Waals surface area contributed by atoms with Crippen LogP contribution < -0.4 is 4.90 Å². The topological polar surface area (TPSA) is 38.2 Å². The third-order valence-electron chi connectivity index (χ3n) is 3.69. The van der Waals surface area contributed by atoms with Crippen LogP contribution in [0.4, 0.5) is 5.95 Å². The first-order valence-corrected chi connectivity index (χ1v) is 5.90. The van der Waals surface area contributed by atoms with E-state index in [0.717, 1.165) is 37.9 Å². The van der Waals surface area contributed by atoms with Crippen molar-refractivity contribution in [1.29, 1.82) is 0 Å². The first-order chi connectivity index (χ1) is 7.77. The first-order valence-electron chi connectivity index (χ1n) is 5.90.